The summed E-state index contributed by atoms with van der Waals surface area (Å²) in [5, 5.41) is 0. The molecule has 39 heavy (non-hydrogen) atoms. The molecule has 6 heteroatoms. The van der Waals surface area contributed by atoms with Crippen molar-refractivity contribution >= 4 is 35.3 Å². The van der Waals surface area contributed by atoms with Gasteiger partial charge in [-0.15, -0.1) is 12.4 Å². The van der Waals surface area contributed by atoms with Gasteiger partial charge in [0.15, 0.2) is 5.78 Å². The zero-order valence-electron chi connectivity index (χ0n) is 24.8. The number of halogens is 2. The number of Topliss-reactive ketones (excluding diaryl/α,β-unsaturated/α-hetero) is 2. The lowest BCUT2D eigenvalue weighted by molar-refractivity contribution is -0.117. The van der Waals surface area contributed by atoms with Crippen LogP contribution < -0.4 is 9.80 Å². The number of carbonyl (C=O) groups is 2. The van der Waals surface area contributed by atoms with Crippen LogP contribution in [-0.4, -0.2) is 31.2 Å². The van der Waals surface area contributed by atoms with Gasteiger partial charge in [0.25, 0.3) is 0 Å². The summed E-state index contributed by atoms with van der Waals surface area (Å²) in [5.74, 6) is 1.43. The SMILES string of the molecule is C=C(C)N(CCCC(C)=O)c1ccc(C(C)=O)cc1C1CC1.CCCN(CCC(C)C)c1ccc(F)cc1.Cl. The Hall–Kier alpha value is -2.66. The van der Waals surface area contributed by atoms with Crippen LogP contribution in [0.1, 0.15) is 102 Å². The molecule has 2 aromatic carbocycles. The highest BCUT2D eigenvalue weighted by atomic mass is 35.5. The lowest BCUT2D eigenvalue weighted by Crippen LogP contribution is -2.26. The second-order valence-corrected chi connectivity index (χ2v) is 10.9. The van der Waals surface area contributed by atoms with Crippen molar-refractivity contribution in [1.82, 2.24) is 0 Å². The van der Waals surface area contributed by atoms with E-state index < -0.39 is 0 Å². The van der Waals surface area contributed by atoms with Crippen LogP contribution in [0.2, 0.25) is 0 Å². The van der Waals surface area contributed by atoms with E-state index in [1.165, 1.54) is 37.0 Å². The molecule has 0 amide bonds. The summed E-state index contributed by atoms with van der Waals surface area (Å²) in [6, 6.07) is 12.8. The topological polar surface area (TPSA) is 40.6 Å². The molecule has 0 heterocycles. The zero-order valence-corrected chi connectivity index (χ0v) is 25.6. The maximum atomic E-state index is 12.8. The van der Waals surface area contributed by atoms with Gasteiger partial charge in [-0.2, -0.15) is 0 Å². The fourth-order valence-electron chi connectivity index (χ4n) is 4.45. The van der Waals surface area contributed by atoms with Crippen molar-refractivity contribution in [2.75, 3.05) is 29.4 Å². The van der Waals surface area contributed by atoms with E-state index in [1.807, 2.05) is 37.3 Å². The highest BCUT2D eigenvalue weighted by molar-refractivity contribution is 5.95. The van der Waals surface area contributed by atoms with Crippen molar-refractivity contribution in [1.29, 1.82) is 0 Å². The first kappa shape index (κ1) is 34.4. The van der Waals surface area contributed by atoms with Gasteiger partial charge in [0.05, 0.1) is 0 Å². The first-order valence-electron chi connectivity index (χ1n) is 14.1. The minimum atomic E-state index is -0.163. The van der Waals surface area contributed by atoms with E-state index in [4.69, 9.17) is 0 Å². The van der Waals surface area contributed by atoms with Gasteiger partial charge in [0.2, 0.25) is 0 Å². The molecule has 0 spiro atoms. The third kappa shape index (κ3) is 11.9. The molecule has 0 atom stereocenters. The van der Waals surface area contributed by atoms with Crippen LogP contribution in [-0.2, 0) is 4.79 Å². The van der Waals surface area contributed by atoms with Crippen molar-refractivity contribution in [3.63, 3.8) is 0 Å². The number of nitrogens with zero attached hydrogens (tertiary/aromatic N) is 2. The van der Waals surface area contributed by atoms with Crippen LogP contribution in [0.15, 0.2) is 54.7 Å². The molecule has 0 aromatic heterocycles. The van der Waals surface area contributed by atoms with Crippen LogP contribution in [0.3, 0.4) is 0 Å². The number of ketones is 2. The molecule has 0 N–H and O–H groups in total. The Labute approximate surface area is 242 Å². The maximum absolute atomic E-state index is 12.8. The Balaban J connectivity index is 0.000000399. The maximum Gasteiger partial charge on any atom is 0.159 e. The van der Waals surface area contributed by atoms with Crippen molar-refractivity contribution in [2.24, 2.45) is 5.92 Å². The Kier molecular flexibility index (Phi) is 15.1. The number of hydrogen-bond acceptors (Lipinski definition) is 4. The van der Waals surface area contributed by atoms with Gasteiger partial charge < -0.3 is 14.6 Å². The first-order valence-corrected chi connectivity index (χ1v) is 14.1. The Morgan fingerprint density at radius 2 is 1.64 bits per heavy atom. The molecule has 3 rings (SSSR count). The minimum Gasteiger partial charge on any atom is -0.372 e. The summed E-state index contributed by atoms with van der Waals surface area (Å²) in [5.41, 5.74) is 5.27. The predicted molar refractivity (Wildman–Crippen MR) is 166 cm³/mol. The van der Waals surface area contributed by atoms with Crippen molar-refractivity contribution in [3.05, 3.63) is 71.7 Å². The largest absolute Gasteiger partial charge is 0.372 e. The summed E-state index contributed by atoms with van der Waals surface area (Å²) >= 11 is 0. The molecule has 0 aliphatic heterocycles. The first-order chi connectivity index (χ1) is 18.0. The van der Waals surface area contributed by atoms with Gasteiger partial charge in [0, 0.05) is 48.7 Å². The molecule has 0 saturated heterocycles. The van der Waals surface area contributed by atoms with Crippen LogP contribution in [0.5, 0.6) is 0 Å². The standard InChI is InChI=1S/C19H25NO2.C14H22FN.ClH/c1-13(2)20(11-5-6-14(3)21)19-10-9-17(15(4)22)12-18(19)16-7-8-16;1-4-10-16(11-9-12(2)3)14-7-5-13(15)6-8-14;/h9-10,12,16H,1,5-8,11H2,2-4H3;5-8,12H,4,9-11H2,1-3H3;1H. The lowest BCUT2D eigenvalue weighted by Gasteiger charge is -2.27. The van der Waals surface area contributed by atoms with Crippen LogP contribution in [0.4, 0.5) is 15.8 Å². The van der Waals surface area contributed by atoms with Crippen LogP contribution >= 0.6 is 12.4 Å². The second-order valence-electron chi connectivity index (χ2n) is 10.9. The molecule has 0 bridgehead atoms. The minimum absolute atomic E-state index is 0. The molecule has 0 unspecified atom stereocenters. The summed E-state index contributed by atoms with van der Waals surface area (Å²) in [6.07, 6.45) is 6.08. The third-order valence-corrected chi connectivity index (χ3v) is 6.78. The fraction of sp³-hybridized carbons (Fsp3) is 0.515. The molecule has 1 aliphatic carbocycles. The van der Waals surface area contributed by atoms with E-state index in [0.717, 1.165) is 55.1 Å². The van der Waals surface area contributed by atoms with Crippen molar-refractivity contribution in [2.45, 2.75) is 86.0 Å². The molecular formula is C33H48ClFN2O2. The molecule has 1 fully saturated rings. The highest BCUT2D eigenvalue weighted by Gasteiger charge is 2.28. The van der Waals surface area contributed by atoms with Gasteiger partial charge in [-0.05, 0) is 113 Å². The van der Waals surface area contributed by atoms with E-state index in [0.29, 0.717) is 18.3 Å². The number of benzene rings is 2. The van der Waals surface area contributed by atoms with Crippen molar-refractivity contribution < 1.29 is 14.0 Å². The van der Waals surface area contributed by atoms with E-state index in [9.17, 15) is 14.0 Å². The number of allylic oxidation sites excluding steroid dienone is 1. The van der Waals surface area contributed by atoms with Gasteiger partial charge in [-0.25, -0.2) is 4.39 Å². The summed E-state index contributed by atoms with van der Waals surface area (Å²) in [6.45, 7) is 18.8. The van der Waals surface area contributed by atoms with Gasteiger partial charge >= 0.3 is 0 Å². The smallest absolute Gasteiger partial charge is 0.159 e. The number of hydrogen-bond donors (Lipinski definition) is 0. The number of carbonyl (C=O) groups excluding carboxylic acids is 2. The summed E-state index contributed by atoms with van der Waals surface area (Å²) in [7, 11) is 0. The monoisotopic (exact) mass is 558 g/mol. The van der Waals surface area contributed by atoms with E-state index in [-0.39, 0.29) is 29.8 Å². The predicted octanol–water partition coefficient (Wildman–Crippen LogP) is 8.99. The average Bonchev–Trinajstić information content (AvgIpc) is 3.70. The lowest BCUT2D eigenvalue weighted by atomic mass is 10.0. The summed E-state index contributed by atoms with van der Waals surface area (Å²) < 4.78 is 12.8. The third-order valence-electron chi connectivity index (χ3n) is 6.78. The quantitative estimate of drug-likeness (QED) is 0.217. The Morgan fingerprint density at radius 1 is 1.00 bits per heavy atom. The molecule has 0 radical (unpaired) electrons. The van der Waals surface area contributed by atoms with Gasteiger partial charge in [-0.3, -0.25) is 4.79 Å². The van der Waals surface area contributed by atoms with Crippen LogP contribution in [0, 0.1) is 11.7 Å². The Bertz CT molecular complexity index is 1060. The number of rotatable bonds is 14. The second kappa shape index (κ2) is 17.1. The molecular weight excluding hydrogens is 511 g/mol. The molecule has 4 nitrogen and oxygen atoms in total. The molecule has 1 saturated carbocycles. The Morgan fingerprint density at radius 3 is 2.13 bits per heavy atom. The van der Waals surface area contributed by atoms with Crippen LogP contribution in [0.25, 0.3) is 0 Å². The summed E-state index contributed by atoms with van der Waals surface area (Å²) in [4.78, 5) is 27.3. The van der Waals surface area contributed by atoms with E-state index in [1.54, 1.807) is 13.8 Å². The zero-order chi connectivity index (χ0) is 28.2. The van der Waals surface area contributed by atoms with E-state index >= 15 is 0 Å². The van der Waals surface area contributed by atoms with E-state index in [2.05, 4.69) is 37.1 Å². The fourth-order valence-corrected chi connectivity index (χ4v) is 4.45. The molecule has 216 valence electrons. The highest BCUT2D eigenvalue weighted by Crippen LogP contribution is 2.45. The van der Waals surface area contributed by atoms with Gasteiger partial charge in [0.1, 0.15) is 11.6 Å². The normalized spacial score (nSPS) is 12.2. The number of anilines is 2. The van der Waals surface area contributed by atoms with Crippen molar-refractivity contribution in [3.8, 4) is 0 Å². The molecule has 1 aliphatic rings. The average molecular weight is 559 g/mol. The van der Waals surface area contributed by atoms with Gasteiger partial charge in [-0.1, -0.05) is 27.4 Å². The molecule has 2 aromatic rings.